The maximum absolute atomic E-state index is 8.24. The third-order valence-corrected chi connectivity index (χ3v) is 0.890. The molecule has 0 atom stereocenters. The van der Waals surface area contributed by atoms with Crippen molar-refractivity contribution in [3.05, 3.63) is 0 Å². The molecule has 1 rings (SSSR count). The van der Waals surface area contributed by atoms with Crippen molar-refractivity contribution in [2.45, 2.75) is 0 Å². The van der Waals surface area contributed by atoms with Gasteiger partial charge in [0.2, 0.25) is 0 Å². The van der Waals surface area contributed by atoms with Crippen LogP contribution in [0.4, 0.5) is 0 Å². The maximum atomic E-state index is 8.24. The van der Waals surface area contributed by atoms with E-state index in [0.29, 0.717) is 13.1 Å². The minimum atomic E-state index is -1.74. The molecule has 50 valence electrons. The number of hydroxylamine groups is 2. The average molecular weight is 130 g/mol. The van der Waals surface area contributed by atoms with E-state index < -0.39 is 7.32 Å². The van der Waals surface area contributed by atoms with Crippen molar-refractivity contribution >= 4 is 13.7 Å². The summed E-state index contributed by atoms with van der Waals surface area (Å²) >= 11 is 0. The van der Waals surface area contributed by atoms with Gasteiger partial charge in [-0.25, -0.2) is 0 Å². The molecule has 0 saturated carbocycles. The maximum Gasteiger partial charge on any atom is 0.656 e. The van der Waals surface area contributed by atoms with Gasteiger partial charge in [-0.05, 0) is 0 Å². The molecule has 0 spiro atoms. The highest BCUT2D eigenvalue weighted by Gasteiger charge is 2.15. The molecule has 0 aromatic rings. The predicted octanol–water partition coefficient (Wildman–Crippen LogP) is -1.77. The molecule has 0 amide bonds. The van der Waals surface area contributed by atoms with Gasteiger partial charge in [0.25, 0.3) is 0 Å². The fraction of sp³-hybridized carbons (Fsp3) is 0.667. The zero-order valence-electron chi connectivity index (χ0n) is 4.77. The topological polar surface area (TPSA) is 65.3 Å². The minimum Gasteiger partial charge on any atom is -0.400 e. The van der Waals surface area contributed by atoms with Crippen LogP contribution in [-0.2, 0) is 4.76 Å². The fourth-order valence-electron chi connectivity index (χ4n) is 0.564. The highest BCUT2D eigenvalue weighted by molar-refractivity contribution is 6.32. The number of hydrogen-bond donors (Lipinski definition) is 2. The van der Waals surface area contributed by atoms with Gasteiger partial charge in [-0.15, -0.1) is 0 Å². The molecule has 9 heavy (non-hydrogen) atoms. The van der Waals surface area contributed by atoms with E-state index in [1.54, 1.807) is 0 Å². The lowest BCUT2D eigenvalue weighted by molar-refractivity contribution is -0.0150. The normalized spacial score (nSPS) is 16.9. The Morgan fingerprint density at radius 2 is 2.44 bits per heavy atom. The Kier molecular flexibility index (Phi) is 2.04. The molecule has 0 saturated heterocycles. The van der Waals surface area contributed by atoms with Crippen LogP contribution in [0, 0.1) is 0 Å². The zero-order chi connectivity index (χ0) is 6.69. The van der Waals surface area contributed by atoms with Crippen molar-refractivity contribution in [2.24, 2.45) is 4.99 Å². The average Bonchev–Trinajstić information content (AvgIpc) is 2.15. The fourth-order valence-corrected chi connectivity index (χ4v) is 0.564. The number of nitrogens with zero attached hydrogens (tertiary/aromatic N) is 2. The third-order valence-electron chi connectivity index (χ3n) is 0.890. The summed E-state index contributed by atoms with van der Waals surface area (Å²) in [6.45, 7) is 1.23. The molecule has 0 bridgehead atoms. The molecule has 1 aliphatic rings. The van der Waals surface area contributed by atoms with E-state index in [9.17, 15) is 0 Å². The molecule has 0 aliphatic carbocycles. The van der Waals surface area contributed by atoms with Gasteiger partial charge in [-0.3, -0.25) is 14.8 Å². The summed E-state index contributed by atoms with van der Waals surface area (Å²) in [5.41, 5.74) is 0. The van der Waals surface area contributed by atoms with Gasteiger partial charge in [-0.1, -0.05) is 0 Å². The second-order valence-electron chi connectivity index (χ2n) is 1.59. The molecule has 1 aliphatic heterocycles. The largest absolute Gasteiger partial charge is 0.656 e. The smallest absolute Gasteiger partial charge is 0.400 e. The van der Waals surface area contributed by atoms with E-state index in [2.05, 4.69) is 9.75 Å². The van der Waals surface area contributed by atoms with E-state index in [-0.39, 0.29) is 0 Å². The molecule has 5 nitrogen and oxygen atoms in total. The molecule has 0 unspecified atom stereocenters. The first-order valence-electron chi connectivity index (χ1n) is 2.58. The summed E-state index contributed by atoms with van der Waals surface area (Å²) in [5.74, 6) is 0. The van der Waals surface area contributed by atoms with Crippen molar-refractivity contribution in [1.29, 1.82) is 0 Å². The van der Waals surface area contributed by atoms with Crippen molar-refractivity contribution in [3.63, 3.8) is 0 Å². The summed E-state index contributed by atoms with van der Waals surface area (Å²) in [6.07, 6.45) is 1.42. The Hall–Kier alpha value is -0.585. The highest BCUT2D eigenvalue weighted by atomic mass is 16.7. The Morgan fingerprint density at radius 1 is 1.67 bits per heavy atom. The van der Waals surface area contributed by atoms with Crippen LogP contribution in [0.1, 0.15) is 0 Å². The standard InChI is InChI=1S/C3H7BN2O3/c7-4(8)9-6-2-1-5-3-6/h3,7-8H,1-2H2. The van der Waals surface area contributed by atoms with Crippen LogP contribution >= 0.6 is 0 Å². The lowest BCUT2D eigenvalue weighted by Crippen LogP contribution is -2.30. The van der Waals surface area contributed by atoms with Gasteiger partial charge >= 0.3 is 7.32 Å². The quantitative estimate of drug-likeness (QED) is 0.434. The predicted molar refractivity (Wildman–Crippen MR) is 31.3 cm³/mol. The van der Waals surface area contributed by atoms with E-state index in [1.807, 2.05) is 0 Å². The van der Waals surface area contributed by atoms with Crippen LogP contribution in [0.15, 0.2) is 4.99 Å². The molecular formula is C3H7BN2O3. The first-order valence-corrected chi connectivity index (χ1v) is 2.58. The molecule has 0 radical (unpaired) electrons. The Balaban J connectivity index is 2.20. The SMILES string of the molecule is OB(O)ON1C=NCC1. The number of hydrogen-bond acceptors (Lipinski definition) is 5. The van der Waals surface area contributed by atoms with Gasteiger partial charge in [0.05, 0.1) is 13.1 Å². The second kappa shape index (κ2) is 2.81. The number of rotatable bonds is 2. The zero-order valence-corrected chi connectivity index (χ0v) is 4.77. The lowest BCUT2D eigenvalue weighted by atomic mass is 10.3. The van der Waals surface area contributed by atoms with E-state index in [0.717, 1.165) is 0 Å². The van der Waals surface area contributed by atoms with E-state index >= 15 is 0 Å². The first kappa shape index (κ1) is 6.53. The molecule has 0 fully saturated rings. The molecule has 2 N–H and O–H groups in total. The summed E-state index contributed by atoms with van der Waals surface area (Å²) in [7, 11) is -1.74. The summed E-state index contributed by atoms with van der Waals surface area (Å²) < 4.78 is 4.41. The van der Waals surface area contributed by atoms with Crippen molar-refractivity contribution in [2.75, 3.05) is 13.1 Å². The summed E-state index contributed by atoms with van der Waals surface area (Å²) in [5, 5.41) is 17.8. The monoisotopic (exact) mass is 130 g/mol. The molecule has 6 heteroatoms. The number of aliphatic imine (C=N–C) groups is 1. The van der Waals surface area contributed by atoms with Crippen LogP contribution in [0.3, 0.4) is 0 Å². The van der Waals surface area contributed by atoms with Crippen LogP contribution in [-0.4, -0.2) is 41.9 Å². The summed E-state index contributed by atoms with van der Waals surface area (Å²) in [6, 6.07) is 0. The molecule has 1 heterocycles. The van der Waals surface area contributed by atoms with E-state index in [1.165, 1.54) is 11.4 Å². The first-order chi connectivity index (χ1) is 4.29. The Morgan fingerprint density at radius 3 is 2.89 bits per heavy atom. The lowest BCUT2D eigenvalue weighted by Gasteiger charge is -2.11. The van der Waals surface area contributed by atoms with Gasteiger partial charge in [0.1, 0.15) is 6.34 Å². The summed E-state index contributed by atoms with van der Waals surface area (Å²) in [4.78, 5) is 3.77. The van der Waals surface area contributed by atoms with Crippen molar-refractivity contribution < 1.29 is 14.8 Å². The highest BCUT2D eigenvalue weighted by Crippen LogP contribution is 1.93. The van der Waals surface area contributed by atoms with E-state index in [4.69, 9.17) is 10.0 Å². The Labute approximate surface area is 52.7 Å². The molecule has 0 aromatic carbocycles. The second-order valence-corrected chi connectivity index (χ2v) is 1.59. The van der Waals surface area contributed by atoms with Gasteiger partial charge in [0.15, 0.2) is 0 Å². The van der Waals surface area contributed by atoms with Gasteiger partial charge < -0.3 is 10.0 Å². The van der Waals surface area contributed by atoms with Crippen LogP contribution in [0.2, 0.25) is 0 Å². The van der Waals surface area contributed by atoms with Crippen LogP contribution < -0.4 is 0 Å². The molecular weight excluding hydrogens is 123 g/mol. The van der Waals surface area contributed by atoms with Gasteiger partial charge in [0, 0.05) is 0 Å². The third kappa shape index (κ3) is 2.00. The van der Waals surface area contributed by atoms with Crippen LogP contribution in [0.5, 0.6) is 0 Å². The Bertz CT molecular complexity index is 118. The van der Waals surface area contributed by atoms with Crippen LogP contribution in [0.25, 0.3) is 0 Å². The van der Waals surface area contributed by atoms with Gasteiger partial charge in [-0.2, -0.15) is 0 Å². The molecule has 0 aromatic heterocycles. The minimum absolute atomic E-state index is 0.581. The van der Waals surface area contributed by atoms with Crippen molar-refractivity contribution in [1.82, 2.24) is 5.06 Å². The van der Waals surface area contributed by atoms with Crippen molar-refractivity contribution in [3.8, 4) is 0 Å².